The van der Waals surface area contributed by atoms with Crippen LogP contribution in [0.15, 0.2) is 18.2 Å². The minimum absolute atomic E-state index is 0.0663. The maximum Gasteiger partial charge on any atom is 0.0394 e. The first kappa shape index (κ1) is 13.9. The van der Waals surface area contributed by atoms with Gasteiger partial charge in [0.15, 0.2) is 0 Å². The van der Waals surface area contributed by atoms with Crippen molar-refractivity contribution >= 4 is 11.4 Å². The highest BCUT2D eigenvalue weighted by Gasteiger charge is 2.25. The van der Waals surface area contributed by atoms with Gasteiger partial charge in [-0.2, -0.15) is 0 Å². The van der Waals surface area contributed by atoms with Crippen molar-refractivity contribution in [3.05, 3.63) is 23.8 Å². The van der Waals surface area contributed by atoms with E-state index in [4.69, 9.17) is 5.73 Å². The monoisotopic (exact) mass is 234 g/mol. The van der Waals surface area contributed by atoms with E-state index < -0.39 is 0 Å². The number of hydrogen-bond acceptors (Lipinski definition) is 2. The van der Waals surface area contributed by atoms with Crippen LogP contribution in [0.4, 0.5) is 11.4 Å². The number of anilines is 2. The van der Waals surface area contributed by atoms with Gasteiger partial charge in [0.05, 0.1) is 0 Å². The second kappa shape index (κ2) is 4.59. The highest BCUT2D eigenvalue weighted by atomic mass is 15.0. The molecule has 0 aromatic heterocycles. The van der Waals surface area contributed by atoms with E-state index in [1.807, 2.05) is 12.1 Å². The first-order valence-electron chi connectivity index (χ1n) is 6.23. The Morgan fingerprint density at radius 3 is 2.24 bits per heavy atom. The van der Waals surface area contributed by atoms with E-state index in [-0.39, 0.29) is 5.54 Å². The third-order valence-electron chi connectivity index (χ3n) is 2.71. The van der Waals surface area contributed by atoms with Gasteiger partial charge in [0.1, 0.15) is 0 Å². The summed E-state index contributed by atoms with van der Waals surface area (Å²) in [5.41, 5.74) is 9.40. The zero-order valence-corrected chi connectivity index (χ0v) is 12.0. The zero-order valence-electron chi connectivity index (χ0n) is 12.0. The van der Waals surface area contributed by atoms with Crippen LogP contribution in [0, 0.1) is 12.3 Å². The summed E-state index contributed by atoms with van der Waals surface area (Å²) in [6.45, 7) is 13.4. The quantitative estimate of drug-likeness (QED) is 0.769. The summed E-state index contributed by atoms with van der Waals surface area (Å²) in [6.07, 6.45) is 1.11. The fourth-order valence-electron chi connectivity index (χ4n) is 2.51. The van der Waals surface area contributed by atoms with Crippen LogP contribution in [0.1, 0.15) is 46.6 Å². The summed E-state index contributed by atoms with van der Waals surface area (Å²) >= 11 is 0. The van der Waals surface area contributed by atoms with Crippen molar-refractivity contribution in [2.45, 2.75) is 53.5 Å². The Morgan fingerprint density at radius 2 is 1.71 bits per heavy atom. The largest absolute Gasteiger partial charge is 0.399 e. The molecule has 0 fully saturated rings. The van der Waals surface area contributed by atoms with E-state index in [0.717, 1.165) is 17.8 Å². The van der Waals surface area contributed by atoms with Gasteiger partial charge in [-0.25, -0.2) is 0 Å². The van der Waals surface area contributed by atoms with Gasteiger partial charge in [0.2, 0.25) is 0 Å². The molecule has 0 radical (unpaired) electrons. The fourth-order valence-corrected chi connectivity index (χ4v) is 2.51. The van der Waals surface area contributed by atoms with Crippen LogP contribution in [0.3, 0.4) is 0 Å². The van der Waals surface area contributed by atoms with Gasteiger partial charge in [0.25, 0.3) is 0 Å². The van der Waals surface area contributed by atoms with E-state index >= 15 is 0 Å². The van der Waals surface area contributed by atoms with Gasteiger partial charge in [-0.05, 0) is 50.3 Å². The molecule has 2 heteroatoms. The third kappa shape index (κ3) is 4.68. The molecule has 3 N–H and O–H groups in total. The van der Waals surface area contributed by atoms with Gasteiger partial charge in [-0.15, -0.1) is 0 Å². The Hall–Kier alpha value is -1.18. The van der Waals surface area contributed by atoms with Crippen LogP contribution >= 0.6 is 0 Å². The Labute approximate surface area is 106 Å². The maximum atomic E-state index is 5.83. The van der Waals surface area contributed by atoms with E-state index in [2.05, 4.69) is 52.9 Å². The van der Waals surface area contributed by atoms with Crippen LogP contribution in [-0.2, 0) is 0 Å². The lowest BCUT2D eigenvalue weighted by Crippen LogP contribution is -2.35. The SMILES string of the molecule is Cc1ccc(N)cc1NC(C)(C)CC(C)(C)C. The van der Waals surface area contributed by atoms with Crippen molar-refractivity contribution in [2.24, 2.45) is 5.41 Å². The zero-order chi connectivity index (χ0) is 13.3. The number of benzene rings is 1. The minimum atomic E-state index is 0.0663. The number of aryl methyl sites for hydroxylation is 1. The highest BCUT2D eigenvalue weighted by Crippen LogP contribution is 2.31. The summed E-state index contributed by atoms with van der Waals surface area (Å²) in [6, 6.07) is 6.02. The Bertz CT molecular complexity index is 386. The smallest absolute Gasteiger partial charge is 0.0394 e. The molecule has 0 aliphatic carbocycles. The average Bonchev–Trinajstić information content (AvgIpc) is 2.06. The molecule has 0 amide bonds. The minimum Gasteiger partial charge on any atom is -0.399 e. The topological polar surface area (TPSA) is 38.0 Å². The number of nitrogen functional groups attached to an aromatic ring is 1. The van der Waals surface area contributed by atoms with Crippen LogP contribution in [0.25, 0.3) is 0 Å². The lowest BCUT2D eigenvalue weighted by atomic mass is 9.81. The molecule has 1 rings (SSSR count). The Balaban J connectivity index is 2.86. The van der Waals surface area contributed by atoms with Gasteiger partial charge >= 0.3 is 0 Å². The molecule has 0 atom stereocenters. The molecule has 0 aliphatic rings. The summed E-state index contributed by atoms with van der Waals surface area (Å²) < 4.78 is 0. The van der Waals surface area contributed by atoms with Crippen molar-refractivity contribution in [1.29, 1.82) is 0 Å². The second-order valence-corrected chi connectivity index (χ2v) is 6.82. The molecular weight excluding hydrogens is 208 g/mol. The average molecular weight is 234 g/mol. The third-order valence-corrected chi connectivity index (χ3v) is 2.71. The van der Waals surface area contributed by atoms with Crippen LogP contribution in [0.5, 0.6) is 0 Å². The first-order chi connectivity index (χ1) is 7.59. The number of nitrogens with one attached hydrogen (secondary N) is 1. The molecule has 2 nitrogen and oxygen atoms in total. The van der Waals surface area contributed by atoms with Crippen molar-refractivity contribution < 1.29 is 0 Å². The summed E-state index contributed by atoms with van der Waals surface area (Å²) in [7, 11) is 0. The second-order valence-electron chi connectivity index (χ2n) is 6.82. The molecule has 0 bridgehead atoms. The Morgan fingerprint density at radius 1 is 1.12 bits per heavy atom. The molecule has 0 unspecified atom stereocenters. The van der Waals surface area contributed by atoms with Crippen LogP contribution < -0.4 is 11.1 Å². The summed E-state index contributed by atoms with van der Waals surface area (Å²) in [5, 5.41) is 3.60. The number of rotatable bonds is 3. The Kier molecular flexibility index (Phi) is 3.75. The van der Waals surface area contributed by atoms with Gasteiger partial charge < -0.3 is 11.1 Å². The predicted molar refractivity (Wildman–Crippen MR) is 77.4 cm³/mol. The molecule has 0 saturated carbocycles. The number of hydrogen-bond donors (Lipinski definition) is 2. The lowest BCUT2D eigenvalue weighted by molar-refractivity contribution is 0.302. The first-order valence-corrected chi connectivity index (χ1v) is 6.23. The number of nitrogens with two attached hydrogens (primary N) is 1. The normalized spacial score (nSPS) is 12.6. The molecule has 0 saturated heterocycles. The van der Waals surface area contributed by atoms with Crippen LogP contribution in [0.2, 0.25) is 0 Å². The summed E-state index contributed by atoms with van der Waals surface area (Å²) in [4.78, 5) is 0. The van der Waals surface area contributed by atoms with Gasteiger partial charge in [-0.3, -0.25) is 0 Å². The van der Waals surface area contributed by atoms with Crippen LogP contribution in [-0.4, -0.2) is 5.54 Å². The van der Waals surface area contributed by atoms with Gasteiger partial charge in [-0.1, -0.05) is 26.8 Å². The molecule has 96 valence electrons. The summed E-state index contributed by atoms with van der Waals surface area (Å²) in [5.74, 6) is 0. The molecule has 17 heavy (non-hydrogen) atoms. The van der Waals surface area contributed by atoms with Crippen molar-refractivity contribution in [1.82, 2.24) is 0 Å². The molecular formula is C15H26N2. The molecule has 1 aromatic carbocycles. The molecule has 0 aliphatic heterocycles. The molecule has 0 spiro atoms. The van der Waals surface area contributed by atoms with Crippen molar-refractivity contribution in [3.8, 4) is 0 Å². The predicted octanol–water partition coefficient (Wildman–Crippen LogP) is 4.20. The van der Waals surface area contributed by atoms with E-state index in [0.29, 0.717) is 5.41 Å². The van der Waals surface area contributed by atoms with Crippen molar-refractivity contribution in [3.63, 3.8) is 0 Å². The maximum absolute atomic E-state index is 5.83. The lowest BCUT2D eigenvalue weighted by Gasteiger charge is -2.34. The van der Waals surface area contributed by atoms with E-state index in [1.165, 1.54) is 5.56 Å². The van der Waals surface area contributed by atoms with E-state index in [1.54, 1.807) is 0 Å². The van der Waals surface area contributed by atoms with Gasteiger partial charge in [0, 0.05) is 16.9 Å². The van der Waals surface area contributed by atoms with E-state index in [9.17, 15) is 0 Å². The standard InChI is InChI=1S/C15H26N2/c1-11-7-8-12(16)9-13(11)17-15(5,6)10-14(2,3)4/h7-9,17H,10,16H2,1-6H3. The molecule has 1 aromatic rings. The van der Waals surface area contributed by atoms with Crippen molar-refractivity contribution in [2.75, 3.05) is 11.1 Å². The molecule has 0 heterocycles. The highest BCUT2D eigenvalue weighted by molar-refractivity contribution is 5.60. The fraction of sp³-hybridized carbons (Fsp3) is 0.600.